The van der Waals surface area contributed by atoms with E-state index >= 15 is 0 Å². The van der Waals surface area contributed by atoms with E-state index in [1.165, 1.54) is 32.1 Å². The molecule has 0 aromatic carbocycles. The maximum absolute atomic E-state index is 13.7. The Morgan fingerprint density at radius 1 is 1.18 bits per heavy atom. The van der Waals surface area contributed by atoms with Gasteiger partial charge in [-0.25, -0.2) is 0 Å². The van der Waals surface area contributed by atoms with E-state index in [-0.39, 0.29) is 11.3 Å². The fourth-order valence-electron chi connectivity index (χ4n) is 9.11. The van der Waals surface area contributed by atoms with Crippen molar-refractivity contribution in [3.8, 4) is 0 Å². The van der Waals surface area contributed by atoms with Gasteiger partial charge in [0.15, 0.2) is 5.78 Å². The van der Waals surface area contributed by atoms with Crippen LogP contribution in [0.1, 0.15) is 84.6 Å². The molecule has 5 nitrogen and oxygen atoms in total. The van der Waals surface area contributed by atoms with Crippen LogP contribution >= 0.6 is 0 Å². The molecule has 4 aliphatic carbocycles. The highest BCUT2D eigenvalue weighted by molar-refractivity contribution is 5.82. The number of carbonyl (C=O) groups is 1. The summed E-state index contributed by atoms with van der Waals surface area (Å²) in [7, 11) is 0. The van der Waals surface area contributed by atoms with E-state index in [1.54, 1.807) is 0 Å². The van der Waals surface area contributed by atoms with Gasteiger partial charge < -0.3 is 10.4 Å². The van der Waals surface area contributed by atoms with Crippen molar-refractivity contribution < 1.29 is 9.90 Å². The topological polar surface area (TPSA) is 67.2 Å². The van der Waals surface area contributed by atoms with Gasteiger partial charge in [0, 0.05) is 24.2 Å². The lowest BCUT2D eigenvalue weighted by Crippen LogP contribution is -2.54. The number of nitrogens with one attached hydrogen (secondary N) is 1. The Bertz CT molecular complexity index is 876. The third-order valence-electron chi connectivity index (χ3n) is 10.3. The fourth-order valence-corrected chi connectivity index (χ4v) is 9.11. The van der Waals surface area contributed by atoms with Crippen LogP contribution in [0, 0.1) is 47.8 Å². The maximum Gasteiger partial charge on any atom is 0.157 e. The van der Waals surface area contributed by atoms with Gasteiger partial charge in [-0.3, -0.25) is 9.48 Å². The lowest BCUT2D eigenvalue weighted by Gasteiger charge is -2.57. The molecule has 5 heteroatoms. The van der Waals surface area contributed by atoms with Crippen molar-refractivity contribution >= 4 is 5.78 Å². The SMILES string of the molecule is Cc1cnn(CC(=O)[C@H]2CC(NC(C)C)[C@H]3[C@@H]4CC[C@@H]5C[C@](C)(O)CC[C@@H]5[C@H]4CC[C@]23C)c1. The van der Waals surface area contributed by atoms with Gasteiger partial charge >= 0.3 is 0 Å². The number of nitrogens with zero attached hydrogens (tertiary/aromatic N) is 2. The molecule has 33 heavy (non-hydrogen) atoms. The number of ketones is 1. The van der Waals surface area contributed by atoms with Crippen LogP contribution in [0.25, 0.3) is 0 Å². The second-order valence-electron chi connectivity index (χ2n) is 13.0. The van der Waals surface area contributed by atoms with Crippen molar-refractivity contribution in [3.05, 3.63) is 18.0 Å². The van der Waals surface area contributed by atoms with E-state index in [0.29, 0.717) is 42.2 Å². The molecule has 184 valence electrons. The van der Waals surface area contributed by atoms with Crippen molar-refractivity contribution in [1.82, 2.24) is 15.1 Å². The van der Waals surface area contributed by atoms with Crippen LogP contribution in [0.15, 0.2) is 12.4 Å². The van der Waals surface area contributed by atoms with Gasteiger partial charge in [-0.1, -0.05) is 20.8 Å². The first-order valence-corrected chi connectivity index (χ1v) is 13.6. The first kappa shape index (κ1) is 23.5. The zero-order valence-corrected chi connectivity index (χ0v) is 21.4. The lowest BCUT2D eigenvalue weighted by molar-refractivity contribution is -0.133. The molecule has 0 amide bonds. The van der Waals surface area contributed by atoms with Gasteiger partial charge in [-0.15, -0.1) is 0 Å². The Kier molecular flexibility index (Phi) is 6.05. The van der Waals surface area contributed by atoms with Crippen molar-refractivity contribution in [3.63, 3.8) is 0 Å². The minimum absolute atomic E-state index is 0.0833. The predicted octanol–water partition coefficient (Wildman–Crippen LogP) is 4.76. The number of hydrogen-bond donors (Lipinski definition) is 2. The molecular formula is C28H45N3O2. The largest absolute Gasteiger partial charge is 0.390 e. The summed E-state index contributed by atoms with van der Waals surface area (Å²) >= 11 is 0. The quantitative estimate of drug-likeness (QED) is 0.672. The third-order valence-corrected chi connectivity index (χ3v) is 10.3. The number of aliphatic hydroxyl groups is 1. The standard InChI is InChI=1S/C28H45N3O2/c1-17(2)30-24-12-23(25(32)16-31-15-18(3)14-29-31)28(5)11-9-21-20-8-10-27(4,33)13-19(20)6-7-22(21)26(24)28/h14-15,17,19-24,26,30,33H,6-13,16H2,1-5H3/t19-,20+,21-,22-,23-,24?,26-,27-,28-/m1/s1. The van der Waals surface area contributed by atoms with Gasteiger partial charge in [0.1, 0.15) is 0 Å². The first-order valence-electron chi connectivity index (χ1n) is 13.6. The van der Waals surface area contributed by atoms with E-state index in [0.717, 1.165) is 36.7 Å². The van der Waals surface area contributed by atoms with Gasteiger partial charge in [0.05, 0.1) is 18.3 Å². The van der Waals surface area contributed by atoms with Crippen molar-refractivity contribution in [2.75, 3.05) is 0 Å². The lowest BCUT2D eigenvalue weighted by atomic mass is 9.48. The number of rotatable bonds is 5. The smallest absolute Gasteiger partial charge is 0.157 e. The second-order valence-corrected chi connectivity index (χ2v) is 13.0. The minimum atomic E-state index is -0.464. The molecule has 0 spiro atoms. The van der Waals surface area contributed by atoms with E-state index in [9.17, 15) is 9.90 Å². The van der Waals surface area contributed by atoms with E-state index in [1.807, 2.05) is 30.9 Å². The third kappa shape index (κ3) is 4.22. The highest BCUT2D eigenvalue weighted by Crippen LogP contribution is 2.64. The van der Waals surface area contributed by atoms with E-state index < -0.39 is 5.60 Å². The van der Waals surface area contributed by atoms with Crippen LogP contribution in [0.3, 0.4) is 0 Å². The molecule has 4 saturated carbocycles. The van der Waals surface area contributed by atoms with Crippen LogP contribution < -0.4 is 5.32 Å². The molecule has 0 aliphatic heterocycles. The van der Waals surface area contributed by atoms with Crippen molar-refractivity contribution in [1.29, 1.82) is 0 Å². The van der Waals surface area contributed by atoms with Crippen LogP contribution in [-0.4, -0.2) is 38.4 Å². The molecule has 4 aliphatic rings. The van der Waals surface area contributed by atoms with E-state index in [4.69, 9.17) is 0 Å². The summed E-state index contributed by atoms with van der Waals surface area (Å²) in [5.41, 5.74) is 0.732. The Balaban J connectivity index is 1.40. The summed E-state index contributed by atoms with van der Waals surface area (Å²) < 4.78 is 1.84. The highest BCUT2D eigenvalue weighted by atomic mass is 16.3. The Labute approximate surface area is 200 Å². The van der Waals surface area contributed by atoms with Crippen LogP contribution in [0.2, 0.25) is 0 Å². The van der Waals surface area contributed by atoms with Gasteiger partial charge in [0.25, 0.3) is 0 Å². The number of fused-ring (bicyclic) bond motifs is 5. The van der Waals surface area contributed by atoms with Crippen LogP contribution in [0.4, 0.5) is 0 Å². The molecule has 0 bridgehead atoms. The summed E-state index contributed by atoms with van der Waals surface area (Å²) in [6.07, 6.45) is 12.9. The molecule has 1 aromatic heterocycles. The maximum atomic E-state index is 13.7. The number of aryl methyl sites for hydroxylation is 1. The Morgan fingerprint density at radius 2 is 1.94 bits per heavy atom. The number of aromatic nitrogens is 2. The normalized spacial score (nSPS) is 44.9. The zero-order valence-electron chi connectivity index (χ0n) is 21.4. The van der Waals surface area contributed by atoms with Crippen LogP contribution in [-0.2, 0) is 11.3 Å². The van der Waals surface area contributed by atoms with E-state index in [2.05, 4.69) is 31.2 Å². The number of carbonyl (C=O) groups excluding carboxylic acids is 1. The summed E-state index contributed by atoms with van der Waals surface area (Å²) in [4.78, 5) is 13.7. The van der Waals surface area contributed by atoms with Gasteiger partial charge in [-0.05, 0) is 106 Å². The van der Waals surface area contributed by atoms with Gasteiger partial charge in [0.2, 0.25) is 0 Å². The minimum Gasteiger partial charge on any atom is -0.390 e. The fraction of sp³-hybridized carbons (Fsp3) is 0.857. The van der Waals surface area contributed by atoms with Gasteiger partial charge in [-0.2, -0.15) is 5.10 Å². The molecule has 0 saturated heterocycles. The molecule has 4 fully saturated rings. The average Bonchev–Trinajstić information content (AvgIpc) is 3.26. The molecule has 9 atom stereocenters. The molecule has 1 heterocycles. The summed E-state index contributed by atoms with van der Waals surface area (Å²) in [5, 5.41) is 19.0. The Morgan fingerprint density at radius 3 is 2.64 bits per heavy atom. The number of hydrogen-bond acceptors (Lipinski definition) is 4. The zero-order chi connectivity index (χ0) is 23.5. The van der Waals surface area contributed by atoms with Crippen molar-refractivity contribution in [2.24, 2.45) is 40.9 Å². The molecule has 5 rings (SSSR count). The summed E-state index contributed by atoms with van der Waals surface area (Å²) in [6.45, 7) is 11.4. The average molecular weight is 456 g/mol. The summed E-state index contributed by atoms with van der Waals surface area (Å²) in [5.74, 6) is 4.03. The molecule has 2 N–H and O–H groups in total. The molecular weight excluding hydrogens is 410 g/mol. The number of Topliss-reactive ketones (excluding diaryl/α,β-unsaturated/α-hetero) is 1. The Hall–Kier alpha value is -1.20. The van der Waals surface area contributed by atoms with Crippen molar-refractivity contribution in [2.45, 2.75) is 110 Å². The summed E-state index contributed by atoms with van der Waals surface area (Å²) in [6, 6.07) is 0.864. The molecule has 1 unspecified atom stereocenters. The predicted molar refractivity (Wildman–Crippen MR) is 131 cm³/mol. The molecule has 0 radical (unpaired) electrons. The second kappa shape index (κ2) is 8.48. The van der Waals surface area contributed by atoms with Crippen LogP contribution in [0.5, 0.6) is 0 Å². The highest BCUT2D eigenvalue weighted by Gasteiger charge is 2.62. The molecule has 1 aromatic rings. The first-order chi connectivity index (χ1) is 15.6. The monoisotopic (exact) mass is 455 g/mol.